The third-order valence-electron chi connectivity index (χ3n) is 2.59. The summed E-state index contributed by atoms with van der Waals surface area (Å²) >= 11 is 5.89. The quantitative estimate of drug-likeness (QED) is 0.635. The van der Waals surface area contributed by atoms with Crippen molar-refractivity contribution in [3.8, 4) is 6.07 Å². The fraction of sp³-hybridized carbons (Fsp3) is 0.364. The fourth-order valence-corrected chi connectivity index (χ4v) is 1.55. The van der Waals surface area contributed by atoms with Crippen molar-refractivity contribution in [2.24, 2.45) is 5.84 Å². The number of halogens is 1. The minimum atomic E-state index is -0.240. The second-order valence-electron chi connectivity index (χ2n) is 3.83. The van der Waals surface area contributed by atoms with Crippen LogP contribution in [0, 0.1) is 11.3 Å². The lowest BCUT2D eigenvalue weighted by Gasteiger charge is -2.23. The molecule has 0 aliphatic rings. The van der Waals surface area contributed by atoms with Crippen LogP contribution in [-0.2, 0) is 0 Å². The third-order valence-corrected chi connectivity index (χ3v) is 2.88. The van der Waals surface area contributed by atoms with Crippen LogP contribution in [0.1, 0.15) is 23.7 Å². The predicted octanol–water partition coefficient (Wildman–Crippen LogP) is 1.39. The van der Waals surface area contributed by atoms with Gasteiger partial charge in [-0.05, 0) is 13.0 Å². The molecule has 0 aromatic carbocycles. The Bertz CT molecular complexity index is 485. The van der Waals surface area contributed by atoms with E-state index in [-0.39, 0.29) is 23.4 Å². The van der Waals surface area contributed by atoms with Crippen LogP contribution in [0.4, 0.5) is 5.82 Å². The molecule has 1 aromatic heterocycles. The Morgan fingerprint density at radius 1 is 1.78 bits per heavy atom. The Morgan fingerprint density at radius 2 is 2.44 bits per heavy atom. The molecule has 0 saturated heterocycles. The maximum atomic E-state index is 12.1. The van der Waals surface area contributed by atoms with Gasteiger partial charge in [0.1, 0.15) is 0 Å². The molecule has 96 valence electrons. The largest absolute Gasteiger partial charge is 0.338 e. The van der Waals surface area contributed by atoms with Gasteiger partial charge < -0.3 is 10.3 Å². The molecule has 1 rings (SSSR count). The maximum Gasteiger partial charge on any atom is 0.255 e. The second-order valence-corrected chi connectivity index (χ2v) is 4.23. The average Bonchev–Trinajstić information content (AvgIpc) is 2.37. The van der Waals surface area contributed by atoms with Crippen LogP contribution in [0.25, 0.3) is 0 Å². The van der Waals surface area contributed by atoms with E-state index in [1.807, 2.05) is 6.07 Å². The molecule has 0 fully saturated rings. The number of rotatable bonds is 4. The molecule has 18 heavy (non-hydrogen) atoms. The monoisotopic (exact) mass is 267 g/mol. The molecule has 1 atom stereocenters. The minimum absolute atomic E-state index is 0.173. The summed E-state index contributed by atoms with van der Waals surface area (Å²) in [5, 5.41) is 8.87. The highest BCUT2D eigenvalue weighted by Crippen LogP contribution is 2.20. The zero-order valence-corrected chi connectivity index (χ0v) is 10.9. The molecule has 0 saturated carbocycles. The molecule has 1 aromatic rings. The number of nitrogens with zero attached hydrogens (tertiary/aromatic N) is 3. The van der Waals surface area contributed by atoms with E-state index >= 15 is 0 Å². The van der Waals surface area contributed by atoms with Gasteiger partial charge in [-0.1, -0.05) is 11.6 Å². The number of nitrogen functional groups attached to an aromatic ring is 1. The first-order valence-corrected chi connectivity index (χ1v) is 5.65. The smallest absolute Gasteiger partial charge is 0.255 e. The highest BCUT2D eigenvalue weighted by Gasteiger charge is 2.18. The van der Waals surface area contributed by atoms with E-state index in [1.54, 1.807) is 14.0 Å². The molecule has 1 unspecified atom stereocenters. The number of hydrogen-bond donors (Lipinski definition) is 2. The van der Waals surface area contributed by atoms with E-state index in [4.69, 9.17) is 22.7 Å². The Balaban J connectivity index is 2.91. The predicted molar refractivity (Wildman–Crippen MR) is 68.8 cm³/mol. The molecule has 7 heteroatoms. The van der Waals surface area contributed by atoms with Gasteiger partial charge in [-0.3, -0.25) is 4.79 Å². The van der Waals surface area contributed by atoms with Gasteiger partial charge in [-0.2, -0.15) is 5.26 Å². The van der Waals surface area contributed by atoms with Crippen LogP contribution in [0.2, 0.25) is 5.02 Å². The number of anilines is 1. The number of amides is 1. The standard InChI is InChI=1S/C11H14ClN5O/c1-7(3-4-13)17(2)11(18)8-5-9(12)10(16-14)15-6-8/h5-7H,3,14H2,1-2H3,(H,15,16). The number of hydrazine groups is 1. The Morgan fingerprint density at radius 3 is 2.94 bits per heavy atom. The van der Waals surface area contributed by atoms with E-state index in [9.17, 15) is 4.79 Å². The number of nitrogens with one attached hydrogen (secondary N) is 1. The molecule has 3 N–H and O–H groups in total. The molecular weight excluding hydrogens is 254 g/mol. The van der Waals surface area contributed by atoms with Gasteiger partial charge in [-0.15, -0.1) is 0 Å². The van der Waals surface area contributed by atoms with E-state index in [1.165, 1.54) is 17.2 Å². The number of carbonyl (C=O) groups excluding carboxylic acids is 1. The lowest BCUT2D eigenvalue weighted by atomic mass is 10.2. The number of nitrogens with two attached hydrogens (primary N) is 1. The van der Waals surface area contributed by atoms with Crippen LogP contribution >= 0.6 is 11.6 Å². The first kappa shape index (κ1) is 14.2. The number of pyridine rings is 1. The molecular formula is C11H14ClN5O. The molecule has 0 aliphatic carbocycles. The van der Waals surface area contributed by atoms with Crippen LogP contribution in [0.15, 0.2) is 12.3 Å². The van der Waals surface area contributed by atoms with Gasteiger partial charge in [0.25, 0.3) is 5.91 Å². The van der Waals surface area contributed by atoms with Crippen molar-refractivity contribution in [2.45, 2.75) is 19.4 Å². The first-order chi connectivity index (χ1) is 8.51. The van der Waals surface area contributed by atoms with Crippen LogP contribution in [-0.4, -0.2) is 28.9 Å². The van der Waals surface area contributed by atoms with Crippen LogP contribution < -0.4 is 11.3 Å². The van der Waals surface area contributed by atoms with Crippen molar-refractivity contribution in [2.75, 3.05) is 12.5 Å². The van der Waals surface area contributed by atoms with Crippen molar-refractivity contribution in [3.63, 3.8) is 0 Å². The Hall–Kier alpha value is -1.84. The topological polar surface area (TPSA) is 95.0 Å². The minimum Gasteiger partial charge on any atom is -0.338 e. The van der Waals surface area contributed by atoms with Crippen molar-refractivity contribution in [1.82, 2.24) is 9.88 Å². The molecule has 1 heterocycles. The zero-order valence-electron chi connectivity index (χ0n) is 10.1. The Kier molecular flexibility index (Phi) is 4.89. The van der Waals surface area contributed by atoms with Gasteiger partial charge in [0.2, 0.25) is 0 Å². The van der Waals surface area contributed by atoms with E-state index in [0.717, 1.165) is 0 Å². The number of carbonyl (C=O) groups is 1. The molecule has 0 bridgehead atoms. The van der Waals surface area contributed by atoms with Gasteiger partial charge in [0.15, 0.2) is 5.82 Å². The van der Waals surface area contributed by atoms with Crippen molar-refractivity contribution < 1.29 is 4.79 Å². The summed E-state index contributed by atoms with van der Waals surface area (Å²) in [4.78, 5) is 17.5. The lowest BCUT2D eigenvalue weighted by molar-refractivity contribution is 0.0746. The molecule has 1 amide bonds. The maximum absolute atomic E-state index is 12.1. The molecule has 0 spiro atoms. The van der Waals surface area contributed by atoms with Crippen molar-refractivity contribution in [1.29, 1.82) is 5.26 Å². The first-order valence-electron chi connectivity index (χ1n) is 5.27. The summed E-state index contributed by atoms with van der Waals surface area (Å²) in [5.41, 5.74) is 2.68. The fourth-order valence-electron chi connectivity index (χ4n) is 1.33. The summed E-state index contributed by atoms with van der Waals surface area (Å²) in [6.07, 6.45) is 1.66. The third kappa shape index (κ3) is 3.09. The Labute approximate surface area is 110 Å². The molecule has 0 aliphatic heterocycles. The van der Waals surface area contributed by atoms with Gasteiger partial charge >= 0.3 is 0 Å². The normalized spacial score (nSPS) is 11.5. The second kappa shape index (κ2) is 6.19. The molecule has 6 nitrogen and oxygen atoms in total. The SMILES string of the molecule is CC(CC#N)N(C)C(=O)c1cnc(NN)c(Cl)c1. The summed E-state index contributed by atoms with van der Waals surface area (Å²) in [6, 6.07) is 3.34. The highest BCUT2D eigenvalue weighted by atomic mass is 35.5. The van der Waals surface area contributed by atoms with Crippen LogP contribution in [0.3, 0.4) is 0 Å². The summed E-state index contributed by atoms with van der Waals surface area (Å²) < 4.78 is 0. The summed E-state index contributed by atoms with van der Waals surface area (Å²) in [6.45, 7) is 1.80. The highest BCUT2D eigenvalue weighted by molar-refractivity contribution is 6.33. The van der Waals surface area contributed by atoms with Gasteiger partial charge in [-0.25, -0.2) is 10.8 Å². The van der Waals surface area contributed by atoms with Crippen molar-refractivity contribution in [3.05, 3.63) is 22.8 Å². The van der Waals surface area contributed by atoms with Gasteiger partial charge in [0, 0.05) is 19.3 Å². The van der Waals surface area contributed by atoms with Gasteiger partial charge in [0.05, 0.1) is 23.1 Å². The van der Waals surface area contributed by atoms with E-state index < -0.39 is 0 Å². The van der Waals surface area contributed by atoms with E-state index in [0.29, 0.717) is 11.4 Å². The summed E-state index contributed by atoms with van der Waals surface area (Å²) in [5.74, 6) is 5.26. The average molecular weight is 268 g/mol. The summed E-state index contributed by atoms with van der Waals surface area (Å²) in [7, 11) is 1.63. The van der Waals surface area contributed by atoms with Crippen LogP contribution in [0.5, 0.6) is 0 Å². The van der Waals surface area contributed by atoms with Crippen molar-refractivity contribution >= 4 is 23.3 Å². The number of aromatic nitrogens is 1. The lowest BCUT2D eigenvalue weighted by Crippen LogP contribution is -2.34. The zero-order chi connectivity index (χ0) is 13.7. The number of hydrogen-bond acceptors (Lipinski definition) is 5. The number of nitriles is 1. The molecule has 0 radical (unpaired) electrons. The van der Waals surface area contributed by atoms with E-state index in [2.05, 4.69) is 10.4 Å².